The van der Waals surface area contributed by atoms with E-state index in [4.69, 9.17) is 0 Å². The van der Waals surface area contributed by atoms with Gasteiger partial charge in [-0.1, -0.05) is 31.5 Å². The Labute approximate surface area is 150 Å². The molecule has 0 saturated heterocycles. The molecule has 1 atom stereocenters. The van der Waals surface area contributed by atoms with Crippen LogP contribution in [-0.4, -0.2) is 11.8 Å². The topological polar surface area (TPSA) is 58.2 Å². The highest BCUT2D eigenvalue weighted by Crippen LogP contribution is 2.33. The normalized spacial score (nSPS) is 16.2. The number of thiophene rings is 1. The third kappa shape index (κ3) is 4.25. The summed E-state index contributed by atoms with van der Waals surface area (Å²) in [5, 5.41) is 0. The number of halogens is 1. The van der Waals surface area contributed by atoms with Crippen LogP contribution in [0.15, 0.2) is 30.3 Å². The van der Waals surface area contributed by atoms with E-state index in [2.05, 4.69) is 17.8 Å². The minimum absolute atomic E-state index is 0.119. The summed E-state index contributed by atoms with van der Waals surface area (Å²) in [6.07, 6.45) is 4.25. The molecule has 1 aromatic heterocycles. The third-order valence-corrected chi connectivity index (χ3v) is 5.85. The molecular formula is C19H21FN2O2S. The Morgan fingerprint density at radius 3 is 2.84 bits per heavy atom. The fourth-order valence-electron chi connectivity index (χ4n) is 3.11. The van der Waals surface area contributed by atoms with Gasteiger partial charge in [0.25, 0.3) is 5.91 Å². The molecule has 132 valence electrons. The maximum absolute atomic E-state index is 13.5. The van der Waals surface area contributed by atoms with Gasteiger partial charge in [0.1, 0.15) is 5.82 Å². The molecule has 3 rings (SSSR count). The predicted octanol–water partition coefficient (Wildman–Crippen LogP) is 3.41. The number of aryl methyl sites for hydroxylation is 1. The number of hydrazine groups is 1. The number of hydrogen-bond donors (Lipinski definition) is 2. The zero-order valence-electron chi connectivity index (χ0n) is 14.1. The number of hydrogen-bond acceptors (Lipinski definition) is 3. The Bertz CT molecular complexity index is 787. The molecule has 0 fully saturated rings. The van der Waals surface area contributed by atoms with E-state index in [-0.39, 0.29) is 12.3 Å². The summed E-state index contributed by atoms with van der Waals surface area (Å²) >= 11 is 1.49. The second-order valence-electron chi connectivity index (χ2n) is 6.35. The maximum atomic E-state index is 13.5. The van der Waals surface area contributed by atoms with Crippen molar-refractivity contribution in [2.75, 3.05) is 0 Å². The number of amides is 2. The quantitative estimate of drug-likeness (QED) is 0.821. The first-order chi connectivity index (χ1) is 12.1. The molecule has 0 aliphatic heterocycles. The highest BCUT2D eigenvalue weighted by molar-refractivity contribution is 7.14. The number of fused-ring (bicyclic) bond motifs is 1. The van der Waals surface area contributed by atoms with Gasteiger partial charge in [0.05, 0.1) is 11.3 Å². The molecule has 0 saturated carbocycles. The molecule has 6 heteroatoms. The average Bonchev–Trinajstić information content (AvgIpc) is 3.04. The lowest BCUT2D eigenvalue weighted by molar-refractivity contribution is -0.121. The summed E-state index contributed by atoms with van der Waals surface area (Å²) in [5.41, 5.74) is 6.33. The lowest BCUT2D eigenvalue weighted by Gasteiger charge is -2.19. The summed E-state index contributed by atoms with van der Waals surface area (Å²) in [6.45, 7) is 2.20. The first-order valence-electron chi connectivity index (χ1n) is 8.51. The van der Waals surface area contributed by atoms with Crippen molar-refractivity contribution in [2.24, 2.45) is 5.92 Å². The Morgan fingerprint density at radius 2 is 2.08 bits per heavy atom. The summed E-state index contributed by atoms with van der Waals surface area (Å²) in [4.78, 5) is 26.0. The van der Waals surface area contributed by atoms with Crippen LogP contribution < -0.4 is 10.9 Å². The predicted molar refractivity (Wildman–Crippen MR) is 95.8 cm³/mol. The zero-order chi connectivity index (χ0) is 17.8. The van der Waals surface area contributed by atoms with E-state index < -0.39 is 11.7 Å². The standard InChI is InChI=1S/C19H21FN2O2S/c1-2-12-7-8-16-14(9-12)10-17(25-16)19(24)22-21-18(23)11-13-5-3-4-6-15(13)20/h3-6,10,12H,2,7-9,11H2,1H3,(H,21,23)(H,22,24)/t12-/m1/s1. The van der Waals surface area contributed by atoms with Crippen LogP contribution in [0.4, 0.5) is 4.39 Å². The van der Waals surface area contributed by atoms with Gasteiger partial charge in [0.2, 0.25) is 5.91 Å². The summed E-state index contributed by atoms with van der Waals surface area (Å²) < 4.78 is 13.5. The lowest BCUT2D eigenvalue weighted by Crippen LogP contribution is -2.42. The van der Waals surface area contributed by atoms with Gasteiger partial charge in [-0.2, -0.15) is 0 Å². The first-order valence-corrected chi connectivity index (χ1v) is 9.32. The molecule has 0 spiro atoms. The minimum Gasteiger partial charge on any atom is -0.273 e. The molecule has 2 aromatic rings. The molecule has 1 aliphatic carbocycles. The average molecular weight is 360 g/mol. The lowest BCUT2D eigenvalue weighted by atomic mass is 9.87. The summed E-state index contributed by atoms with van der Waals surface area (Å²) in [6, 6.07) is 8.03. The first kappa shape index (κ1) is 17.6. The number of nitrogens with one attached hydrogen (secondary N) is 2. The Morgan fingerprint density at radius 1 is 1.28 bits per heavy atom. The number of carbonyl (C=O) groups excluding carboxylic acids is 2. The summed E-state index contributed by atoms with van der Waals surface area (Å²) in [7, 11) is 0. The van der Waals surface area contributed by atoms with Gasteiger partial charge in [-0.05, 0) is 48.4 Å². The van der Waals surface area contributed by atoms with Crippen molar-refractivity contribution in [1.29, 1.82) is 0 Å². The molecule has 0 radical (unpaired) electrons. The van der Waals surface area contributed by atoms with Crippen molar-refractivity contribution in [3.63, 3.8) is 0 Å². The number of benzene rings is 1. The molecule has 0 unspecified atom stereocenters. The van der Waals surface area contributed by atoms with Crippen LogP contribution in [0, 0.1) is 11.7 Å². The van der Waals surface area contributed by atoms with E-state index >= 15 is 0 Å². The molecule has 1 heterocycles. The molecule has 1 aromatic carbocycles. The van der Waals surface area contributed by atoms with E-state index in [1.54, 1.807) is 18.2 Å². The molecule has 2 amide bonds. The van der Waals surface area contributed by atoms with Gasteiger partial charge in [-0.15, -0.1) is 11.3 Å². The van der Waals surface area contributed by atoms with Crippen LogP contribution in [0.5, 0.6) is 0 Å². The Hall–Kier alpha value is -2.21. The Balaban J connectivity index is 1.55. The molecular weight excluding hydrogens is 339 g/mol. The Kier molecular flexibility index (Phi) is 5.48. The molecule has 25 heavy (non-hydrogen) atoms. The van der Waals surface area contributed by atoms with Gasteiger partial charge >= 0.3 is 0 Å². The fourth-order valence-corrected chi connectivity index (χ4v) is 4.21. The largest absolute Gasteiger partial charge is 0.279 e. The third-order valence-electron chi connectivity index (χ3n) is 4.61. The SMILES string of the molecule is CC[C@@H]1CCc2sc(C(=O)NNC(=O)Cc3ccccc3F)cc2C1. The highest BCUT2D eigenvalue weighted by Gasteiger charge is 2.22. The zero-order valence-corrected chi connectivity index (χ0v) is 14.9. The second-order valence-corrected chi connectivity index (χ2v) is 7.48. The maximum Gasteiger partial charge on any atom is 0.279 e. The van der Waals surface area contributed by atoms with Crippen LogP contribution in [0.3, 0.4) is 0 Å². The van der Waals surface area contributed by atoms with Crippen molar-refractivity contribution in [2.45, 2.75) is 39.0 Å². The molecule has 2 N–H and O–H groups in total. The summed E-state index contributed by atoms with van der Waals surface area (Å²) in [5.74, 6) is -0.515. The minimum atomic E-state index is -0.453. The number of rotatable bonds is 4. The fraction of sp³-hybridized carbons (Fsp3) is 0.368. The van der Waals surface area contributed by atoms with E-state index in [0.29, 0.717) is 16.4 Å². The van der Waals surface area contributed by atoms with Crippen LogP contribution in [0.1, 0.15) is 45.4 Å². The van der Waals surface area contributed by atoms with Crippen LogP contribution in [-0.2, 0) is 24.1 Å². The molecule has 4 nitrogen and oxygen atoms in total. The van der Waals surface area contributed by atoms with Gasteiger partial charge in [0.15, 0.2) is 0 Å². The molecule has 1 aliphatic rings. The van der Waals surface area contributed by atoms with E-state index in [1.165, 1.54) is 34.3 Å². The van der Waals surface area contributed by atoms with Gasteiger partial charge in [-0.25, -0.2) is 4.39 Å². The van der Waals surface area contributed by atoms with Crippen molar-refractivity contribution >= 4 is 23.2 Å². The van der Waals surface area contributed by atoms with Crippen molar-refractivity contribution in [1.82, 2.24) is 10.9 Å². The monoisotopic (exact) mass is 360 g/mol. The van der Waals surface area contributed by atoms with E-state index in [9.17, 15) is 14.0 Å². The van der Waals surface area contributed by atoms with Gasteiger partial charge < -0.3 is 0 Å². The van der Waals surface area contributed by atoms with Gasteiger partial charge in [0, 0.05) is 4.88 Å². The molecule has 0 bridgehead atoms. The second kappa shape index (κ2) is 7.78. The van der Waals surface area contributed by atoms with E-state index in [1.807, 2.05) is 6.07 Å². The van der Waals surface area contributed by atoms with Crippen molar-refractivity contribution < 1.29 is 14.0 Å². The van der Waals surface area contributed by atoms with Crippen molar-refractivity contribution in [3.05, 3.63) is 57.0 Å². The van der Waals surface area contributed by atoms with E-state index in [0.717, 1.165) is 19.3 Å². The van der Waals surface area contributed by atoms with Crippen LogP contribution >= 0.6 is 11.3 Å². The van der Waals surface area contributed by atoms with Crippen LogP contribution in [0.25, 0.3) is 0 Å². The highest BCUT2D eigenvalue weighted by atomic mass is 32.1. The van der Waals surface area contributed by atoms with Crippen LogP contribution in [0.2, 0.25) is 0 Å². The smallest absolute Gasteiger partial charge is 0.273 e. The van der Waals surface area contributed by atoms with Crippen molar-refractivity contribution in [3.8, 4) is 0 Å². The van der Waals surface area contributed by atoms with Gasteiger partial charge in [-0.3, -0.25) is 20.4 Å². The number of carbonyl (C=O) groups is 2.